The summed E-state index contributed by atoms with van der Waals surface area (Å²) in [6, 6.07) is 14.1. The van der Waals surface area contributed by atoms with Crippen LogP contribution in [0.2, 0.25) is 5.02 Å². The predicted octanol–water partition coefficient (Wildman–Crippen LogP) is 5.11. The fraction of sp³-hybridized carbons (Fsp3) is 0.294. The molecular formula is C17H20ClNO. The zero-order chi connectivity index (χ0) is 14.5. The van der Waals surface area contributed by atoms with Gasteiger partial charge in [-0.15, -0.1) is 0 Å². The van der Waals surface area contributed by atoms with E-state index >= 15 is 0 Å². The molecule has 0 saturated heterocycles. The Morgan fingerprint density at radius 2 is 2.00 bits per heavy atom. The third-order valence-corrected chi connectivity index (χ3v) is 3.48. The number of ether oxygens (including phenoxy) is 1. The quantitative estimate of drug-likeness (QED) is 0.826. The van der Waals surface area contributed by atoms with Crippen LogP contribution in [0.5, 0.6) is 11.5 Å². The van der Waals surface area contributed by atoms with Crippen molar-refractivity contribution in [3.8, 4) is 11.5 Å². The Morgan fingerprint density at radius 3 is 2.75 bits per heavy atom. The number of nitrogens with one attached hydrogen (secondary N) is 1. The first-order valence-corrected chi connectivity index (χ1v) is 7.25. The van der Waals surface area contributed by atoms with Gasteiger partial charge in [-0.05, 0) is 55.8 Å². The molecule has 0 heterocycles. The van der Waals surface area contributed by atoms with Gasteiger partial charge in [-0.2, -0.15) is 0 Å². The molecule has 106 valence electrons. The van der Waals surface area contributed by atoms with E-state index in [0.29, 0.717) is 11.1 Å². The van der Waals surface area contributed by atoms with Crippen LogP contribution in [0, 0.1) is 6.92 Å². The Balaban J connectivity index is 2.21. The summed E-state index contributed by atoms with van der Waals surface area (Å²) in [5.41, 5.74) is 2.28. The summed E-state index contributed by atoms with van der Waals surface area (Å²) >= 11 is 6.02. The van der Waals surface area contributed by atoms with Crippen molar-refractivity contribution < 1.29 is 4.74 Å². The molecule has 0 aliphatic carbocycles. The van der Waals surface area contributed by atoms with Crippen molar-refractivity contribution in [3.05, 3.63) is 58.6 Å². The molecule has 0 amide bonds. The van der Waals surface area contributed by atoms with E-state index in [0.717, 1.165) is 23.6 Å². The average Bonchev–Trinajstić information content (AvgIpc) is 2.43. The number of hydrogen-bond donors (Lipinski definition) is 1. The van der Waals surface area contributed by atoms with Gasteiger partial charge in [0.05, 0.1) is 0 Å². The number of rotatable bonds is 5. The Bertz CT molecular complexity index is 583. The highest BCUT2D eigenvalue weighted by Gasteiger charge is 2.07. The van der Waals surface area contributed by atoms with Crippen molar-refractivity contribution in [2.45, 2.75) is 26.8 Å². The topological polar surface area (TPSA) is 21.3 Å². The molecule has 0 saturated carbocycles. The van der Waals surface area contributed by atoms with Crippen LogP contribution in [-0.4, -0.2) is 6.54 Å². The molecule has 2 aromatic carbocycles. The van der Waals surface area contributed by atoms with Crippen LogP contribution in [0.1, 0.15) is 31.0 Å². The van der Waals surface area contributed by atoms with E-state index in [1.165, 1.54) is 5.56 Å². The molecule has 3 heteroatoms. The second-order valence-corrected chi connectivity index (χ2v) is 5.30. The first-order valence-electron chi connectivity index (χ1n) is 6.87. The van der Waals surface area contributed by atoms with Crippen LogP contribution in [-0.2, 0) is 0 Å². The molecule has 1 unspecified atom stereocenters. The van der Waals surface area contributed by atoms with Gasteiger partial charge in [0.15, 0.2) is 0 Å². The average molecular weight is 290 g/mol. The van der Waals surface area contributed by atoms with Crippen molar-refractivity contribution in [1.29, 1.82) is 0 Å². The molecule has 0 aromatic heterocycles. The SMILES string of the molecule is CCNC(C)c1cccc(Oc2cc(Cl)ccc2C)c1. The smallest absolute Gasteiger partial charge is 0.131 e. The summed E-state index contributed by atoms with van der Waals surface area (Å²) in [6.07, 6.45) is 0. The summed E-state index contributed by atoms with van der Waals surface area (Å²) in [5.74, 6) is 1.63. The van der Waals surface area contributed by atoms with Gasteiger partial charge in [-0.3, -0.25) is 0 Å². The van der Waals surface area contributed by atoms with Crippen molar-refractivity contribution in [1.82, 2.24) is 5.32 Å². The Kier molecular flexibility index (Phi) is 5.05. The standard InChI is InChI=1S/C17H20ClNO/c1-4-19-13(3)14-6-5-7-16(10-14)20-17-11-15(18)9-8-12(17)2/h5-11,13,19H,4H2,1-3H3. The van der Waals surface area contributed by atoms with Crippen molar-refractivity contribution in [2.24, 2.45) is 0 Å². The van der Waals surface area contributed by atoms with Gasteiger partial charge < -0.3 is 10.1 Å². The maximum absolute atomic E-state index is 6.02. The summed E-state index contributed by atoms with van der Waals surface area (Å²) < 4.78 is 5.95. The molecule has 0 aliphatic heterocycles. The first kappa shape index (κ1) is 14.9. The summed E-state index contributed by atoms with van der Waals surface area (Å²) in [5, 5.41) is 4.08. The molecular weight excluding hydrogens is 270 g/mol. The minimum absolute atomic E-state index is 0.309. The molecule has 1 atom stereocenters. The van der Waals surface area contributed by atoms with Crippen LogP contribution < -0.4 is 10.1 Å². The van der Waals surface area contributed by atoms with Crippen molar-refractivity contribution >= 4 is 11.6 Å². The fourth-order valence-electron chi connectivity index (χ4n) is 2.08. The third-order valence-electron chi connectivity index (χ3n) is 3.25. The zero-order valence-corrected chi connectivity index (χ0v) is 12.9. The number of hydrogen-bond acceptors (Lipinski definition) is 2. The van der Waals surface area contributed by atoms with Gasteiger partial charge in [0.2, 0.25) is 0 Å². The first-order chi connectivity index (χ1) is 9.60. The number of aryl methyl sites for hydroxylation is 1. The van der Waals surface area contributed by atoms with Crippen molar-refractivity contribution in [3.63, 3.8) is 0 Å². The second-order valence-electron chi connectivity index (χ2n) is 4.86. The van der Waals surface area contributed by atoms with E-state index in [-0.39, 0.29) is 0 Å². The maximum Gasteiger partial charge on any atom is 0.131 e. The lowest BCUT2D eigenvalue weighted by atomic mass is 10.1. The van der Waals surface area contributed by atoms with E-state index in [1.54, 1.807) is 0 Å². The van der Waals surface area contributed by atoms with E-state index in [2.05, 4.69) is 31.3 Å². The summed E-state index contributed by atoms with van der Waals surface area (Å²) in [7, 11) is 0. The molecule has 0 bridgehead atoms. The van der Waals surface area contributed by atoms with Gasteiger partial charge >= 0.3 is 0 Å². The van der Waals surface area contributed by atoms with Gasteiger partial charge in [-0.25, -0.2) is 0 Å². The van der Waals surface area contributed by atoms with Gasteiger partial charge in [0.1, 0.15) is 11.5 Å². The molecule has 20 heavy (non-hydrogen) atoms. The highest BCUT2D eigenvalue weighted by molar-refractivity contribution is 6.30. The Hall–Kier alpha value is -1.51. The van der Waals surface area contributed by atoms with Crippen LogP contribution in [0.3, 0.4) is 0 Å². The molecule has 2 rings (SSSR count). The van der Waals surface area contributed by atoms with E-state index < -0.39 is 0 Å². The monoisotopic (exact) mass is 289 g/mol. The molecule has 0 spiro atoms. The van der Waals surface area contributed by atoms with Gasteiger partial charge in [0.25, 0.3) is 0 Å². The van der Waals surface area contributed by atoms with E-state index in [4.69, 9.17) is 16.3 Å². The zero-order valence-electron chi connectivity index (χ0n) is 12.1. The van der Waals surface area contributed by atoms with Gasteiger partial charge in [0, 0.05) is 11.1 Å². The number of halogens is 1. The maximum atomic E-state index is 6.02. The van der Waals surface area contributed by atoms with Crippen LogP contribution in [0.25, 0.3) is 0 Å². The lowest BCUT2D eigenvalue weighted by Crippen LogP contribution is -2.17. The minimum atomic E-state index is 0.309. The lowest BCUT2D eigenvalue weighted by molar-refractivity contribution is 0.476. The number of benzene rings is 2. The third kappa shape index (κ3) is 3.75. The molecule has 2 nitrogen and oxygen atoms in total. The van der Waals surface area contributed by atoms with Crippen LogP contribution >= 0.6 is 11.6 Å². The molecule has 0 fully saturated rings. The predicted molar refractivity (Wildman–Crippen MR) is 84.8 cm³/mol. The second kappa shape index (κ2) is 6.78. The minimum Gasteiger partial charge on any atom is -0.457 e. The Morgan fingerprint density at radius 1 is 1.20 bits per heavy atom. The Labute approximate surface area is 125 Å². The van der Waals surface area contributed by atoms with Crippen molar-refractivity contribution in [2.75, 3.05) is 6.54 Å². The fourth-order valence-corrected chi connectivity index (χ4v) is 2.24. The van der Waals surface area contributed by atoms with E-state index in [1.807, 2.05) is 37.3 Å². The van der Waals surface area contributed by atoms with Crippen LogP contribution in [0.4, 0.5) is 0 Å². The highest BCUT2D eigenvalue weighted by Crippen LogP contribution is 2.29. The van der Waals surface area contributed by atoms with Gasteiger partial charge in [-0.1, -0.05) is 36.7 Å². The summed E-state index contributed by atoms with van der Waals surface area (Å²) in [6.45, 7) is 7.20. The normalized spacial score (nSPS) is 12.2. The van der Waals surface area contributed by atoms with Crippen LogP contribution in [0.15, 0.2) is 42.5 Å². The lowest BCUT2D eigenvalue weighted by Gasteiger charge is -2.15. The molecule has 2 aromatic rings. The molecule has 0 aliphatic rings. The highest BCUT2D eigenvalue weighted by atomic mass is 35.5. The molecule has 1 N–H and O–H groups in total. The summed E-state index contributed by atoms with van der Waals surface area (Å²) in [4.78, 5) is 0. The van der Waals surface area contributed by atoms with E-state index in [9.17, 15) is 0 Å². The molecule has 0 radical (unpaired) electrons. The largest absolute Gasteiger partial charge is 0.457 e.